The number of nitrogens with one attached hydrogen (secondary N) is 1. The lowest BCUT2D eigenvalue weighted by molar-refractivity contribution is -0.141. The van der Waals surface area contributed by atoms with E-state index in [1.54, 1.807) is 7.05 Å². The number of carbonyl (C=O) groups is 2. The number of sulfone groups is 1. The number of halogens is 1. The molecule has 2 amide bonds. The molecule has 9 heteroatoms. The van der Waals surface area contributed by atoms with Gasteiger partial charge in [0.1, 0.15) is 0 Å². The number of nitrogens with zero attached hydrogens (tertiary/aromatic N) is 1. The van der Waals surface area contributed by atoms with Crippen LogP contribution in [0.3, 0.4) is 0 Å². The van der Waals surface area contributed by atoms with Gasteiger partial charge in [-0.25, -0.2) is 8.42 Å². The Balaban J connectivity index is 0.00000288. The zero-order chi connectivity index (χ0) is 17.3. The van der Waals surface area contributed by atoms with E-state index in [1.807, 2.05) is 6.92 Å². The molecule has 7 nitrogen and oxygen atoms in total. The van der Waals surface area contributed by atoms with Gasteiger partial charge in [-0.15, -0.1) is 12.4 Å². The topological polar surface area (TPSA) is 110 Å². The molecule has 2 aliphatic rings. The van der Waals surface area contributed by atoms with Gasteiger partial charge >= 0.3 is 0 Å². The summed E-state index contributed by atoms with van der Waals surface area (Å²) in [6.45, 7) is 1.83. The van der Waals surface area contributed by atoms with Gasteiger partial charge in [-0.3, -0.25) is 9.59 Å². The number of hydrogen-bond donors (Lipinski definition) is 2. The highest BCUT2D eigenvalue weighted by Gasteiger charge is 2.39. The highest BCUT2D eigenvalue weighted by atomic mass is 35.5. The summed E-state index contributed by atoms with van der Waals surface area (Å²) in [5.41, 5.74) is 5.71. The first-order valence-corrected chi connectivity index (χ1v) is 9.96. The highest BCUT2D eigenvalue weighted by Crippen LogP contribution is 2.32. The monoisotopic (exact) mass is 381 g/mol. The van der Waals surface area contributed by atoms with Crippen LogP contribution >= 0.6 is 12.4 Å². The molecule has 2 rings (SSSR count). The van der Waals surface area contributed by atoms with Crippen molar-refractivity contribution in [1.82, 2.24) is 10.2 Å². The van der Waals surface area contributed by atoms with Crippen LogP contribution in [-0.2, 0) is 19.4 Å². The molecule has 0 spiro atoms. The Kier molecular flexibility index (Phi) is 7.07. The average molecular weight is 382 g/mol. The molecule has 1 aliphatic heterocycles. The number of rotatable bonds is 4. The molecule has 0 aromatic rings. The molecule has 2 fully saturated rings. The Morgan fingerprint density at radius 3 is 2.50 bits per heavy atom. The van der Waals surface area contributed by atoms with E-state index in [0.29, 0.717) is 6.42 Å². The lowest BCUT2D eigenvalue weighted by Crippen LogP contribution is -2.54. The van der Waals surface area contributed by atoms with Crippen molar-refractivity contribution in [2.45, 2.75) is 50.6 Å². The third-order valence-electron chi connectivity index (χ3n) is 4.91. The molecule has 0 aromatic carbocycles. The molecule has 0 radical (unpaired) electrons. The zero-order valence-corrected chi connectivity index (χ0v) is 15.9. The van der Waals surface area contributed by atoms with Crippen LogP contribution in [0, 0.1) is 5.92 Å². The summed E-state index contributed by atoms with van der Waals surface area (Å²) in [5, 5.41) is 2.70. The van der Waals surface area contributed by atoms with Crippen molar-refractivity contribution >= 4 is 34.1 Å². The molecular weight excluding hydrogens is 354 g/mol. The molecule has 1 saturated carbocycles. The molecule has 1 saturated heterocycles. The largest absolute Gasteiger partial charge is 0.351 e. The maximum atomic E-state index is 12.6. The average Bonchev–Trinajstić information content (AvgIpc) is 2.76. The first-order valence-electron chi connectivity index (χ1n) is 8.14. The fourth-order valence-corrected chi connectivity index (χ4v) is 5.18. The van der Waals surface area contributed by atoms with Crippen molar-refractivity contribution < 1.29 is 18.0 Å². The number of amides is 2. The van der Waals surface area contributed by atoms with Gasteiger partial charge in [0.05, 0.1) is 24.0 Å². The normalized spacial score (nSPS) is 31.8. The van der Waals surface area contributed by atoms with Crippen LogP contribution in [0.2, 0.25) is 0 Å². The molecule has 3 N–H and O–H groups in total. The Morgan fingerprint density at radius 2 is 1.96 bits per heavy atom. The molecular formula is C15H28ClN3O4S. The second kappa shape index (κ2) is 8.01. The minimum absolute atomic E-state index is 0. The van der Waals surface area contributed by atoms with Crippen molar-refractivity contribution in [2.75, 3.05) is 25.1 Å². The summed E-state index contributed by atoms with van der Waals surface area (Å²) in [7, 11) is -1.43. The summed E-state index contributed by atoms with van der Waals surface area (Å²) in [4.78, 5) is 26.0. The van der Waals surface area contributed by atoms with Crippen LogP contribution in [0.4, 0.5) is 0 Å². The molecule has 3 unspecified atom stereocenters. The number of carbonyl (C=O) groups excluding carboxylic acids is 2. The van der Waals surface area contributed by atoms with Gasteiger partial charge in [-0.1, -0.05) is 12.8 Å². The summed E-state index contributed by atoms with van der Waals surface area (Å²) in [6.07, 6.45) is 4.00. The Hall–Kier alpha value is -0.860. The SMILES string of the molecule is CN(CC(=O)NC1CCS(=O)(=O)C1)C(=O)C1CCCCC1(C)N.Cl. The predicted molar refractivity (Wildman–Crippen MR) is 94.6 cm³/mol. The maximum absolute atomic E-state index is 12.6. The van der Waals surface area contributed by atoms with E-state index in [1.165, 1.54) is 4.90 Å². The quantitative estimate of drug-likeness (QED) is 0.716. The van der Waals surface area contributed by atoms with Crippen LogP contribution in [0.15, 0.2) is 0 Å². The van der Waals surface area contributed by atoms with Gasteiger partial charge in [-0.2, -0.15) is 0 Å². The predicted octanol–water partition coefficient (Wildman–Crippen LogP) is 0.0775. The number of hydrogen-bond acceptors (Lipinski definition) is 5. The zero-order valence-electron chi connectivity index (χ0n) is 14.3. The van der Waals surface area contributed by atoms with E-state index in [0.717, 1.165) is 25.7 Å². The number of likely N-dealkylation sites (N-methyl/N-ethyl adjacent to an activating group) is 1. The van der Waals surface area contributed by atoms with Gasteiger partial charge < -0.3 is 16.0 Å². The second-order valence-corrected chi connectivity index (χ2v) is 9.39. The molecule has 140 valence electrons. The Labute approximate surface area is 150 Å². The fraction of sp³-hybridized carbons (Fsp3) is 0.867. The van der Waals surface area contributed by atoms with E-state index in [4.69, 9.17) is 5.73 Å². The van der Waals surface area contributed by atoms with Gasteiger partial charge in [0, 0.05) is 18.6 Å². The third kappa shape index (κ3) is 5.32. The molecule has 3 atom stereocenters. The smallest absolute Gasteiger partial charge is 0.239 e. The van der Waals surface area contributed by atoms with Crippen molar-refractivity contribution in [3.05, 3.63) is 0 Å². The minimum atomic E-state index is -3.03. The van der Waals surface area contributed by atoms with Gasteiger partial charge in [0.25, 0.3) is 0 Å². The van der Waals surface area contributed by atoms with Crippen molar-refractivity contribution in [3.63, 3.8) is 0 Å². The first kappa shape index (κ1) is 21.2. The number of nitrogens with two attached hydrogens (primary N) is 1. The van der Waals surface area contributed by atoms with E-state index in [9.17, 15) is 18.0 Å². The van der Waals surface area contributed by atoms with Crippen LogP contribution in [0.5, 0.6) is 0 Å². The Bertz CT molecular complexity index is 579. The van der Waals surface area contributed by atoms with E-state index >= 15 is 0 Å². The summed E-state index contributed by atoms with van der Waals surface area (Å²) < 4.78 is 22.8. The van der Waals surface area contributed by atoms with Crippen LogP contribution in [0.25, 0.3) is 0 Å². The Morgan fingerprint density at radius 1 is 1.29 bits per heavy atom. The van der Waals surface area contributed by atoms with Crippen molar-refractivity contribution in [1.29, 1.82) is 0 Å². The maximum Gasteiger partial charge on any atom is 0.239 e. The van der Waals surface area contributed by atoms with Gasteiger partial charge in [0.2, 0.25) is 11.8 Å². The summed E-state index contributed by atoms with van der Waals surface area (Å²) in [5.74, 6) is -0.595. The molecule has 24 heavy (non-hydrogen) atoms. The second-order valence-electron chi connectivity index (χ2n) is 7.17. The van der Waals surface area contributed by atoms with E-state index in [2.05, 4.69) is 5.32 Å². The van der Waals surface area contributed by atoms with Crippen molar-refractivity contribution in [2.24, 2.45) is 11.7 Å². The molecule has 1 aliphatic carbocycles. The fourth-order valence-electron chi connectivity index (χ4n) is 3.51. The van der Waals surface area contributed by atoms with Gasteiger partial charge in [0.15, 0.2) is 9.84 Å². The van der Waals surface area contributed by atoms with Crippen LogP contribution in [0.1, 0.15) is 39.0 Å². The standard InChI is InChI=1S/C15H27N3O4S.ClH/c1-15(16)7-4-3-5-12(15)14(20)18(2)9-13(19)17-11-6-8-23(21,22)10-11;/h11-12H,3-10,16H2,1-2H3,(H,17,19);1H. The van der Waals surface area contributed by atoms with Gasteiger partial charge in [-0.05, 0) is 26.2 Å². The summed E-state index contributed by atoms with van der Waals surface area (Å²) >= 11 is 0. The molecule has 0 bridgehead atoms. The van der Waals surface area contributed by atoms with Crippen molar-refractivity contribution in [3.8, 4) is 0 Å². The third-order valence-corrected chi connectivity index (χ3v) is 6.67. The lowest BCUT2D eigenvalue weighted by Gasteiger charge is -2.39. The first-order chi connectivity index (χ1) is 10.6. The summed E-state index contributed by atoms with van der Waals surface area (Å²) in [6, 6.07) is -0.342. The molecule has 1 heterocycles. The van der Waals surface area contributed by atoms with E-state index in [-0.39, 0.29) is 54.2 Å². The minimum Gasteiger partial charge on any atom is -0.351 e. The van der Waals surface area contributed by atoms with E-state index < -0.39 is 15.4 Å². The van der Waals surface area contributed by atoms with Crippen LogP contribution in [-0.4, -0.2) is 61.8 Å². The lowest BCUT2D eigenvalue weighted by atomic mass is 9.74. The molecule has 0 aromatic heterocycles. The highest BCUT2D eigenvalue weighted by molar-refractivity contribution is 7.91. The van der Waals surface area contributed by atoms with Crippen LogP contribution < -0.4 is 11.1 Å².